The summed E-state index contributed by atoms with van der Waals surface area (Å²) in [5.74, 6) is 0.316. The van der Waals surface area contributed by atoms with Gasteiger partial charge in [0.25, 0.3) is 0 Å². The molecule has 1 heterocycles. The van der Waals surface area contributed by atoms with Gasteiger partial charge in [0.15, 0.2) is 0 Å². The topological polar surface area (TPSA) is 37.4 Å². The lowest BCUT2D eigenvalue weighted by molar-refractivity contribution is 0.249. The van der Waals surface area contributed by atoms with Gasteiger partial charge in [0.2, 0.25) is 0 Å². The predicted octanol–water partition coefficient (Wildman–Crippen LogP) is 3.67. The second-order valence-corrected chi connectivity index (χ2v) is 9.31. The van der Waals surface area contributed by atoms with E-state index in [1.165, 1.54) is 35.4 Å². The Labute approximate surface area is 145 Å². The van der Waals surface area contributed by atoms with Crippen LogP contribution >= 0.6 is 0 Å². The van der Waals surface area contributed by atoms with E-state index in [2.05, 4.69) is 47.4 Å². The van der Waals surface area contributed by atoms with Gasteiger partial charge in [-0.25, -0.2) is 8.42 Å². The highest BCUT2D eigenvalue weighted by molar-refractivity contribution is 7.90. The van der Waals surface area contributed by atoms with E-state index in [9.17, 15) is 8.42 Å². The Morgan fingerprint density at radius 1 is 1.08 bits per heavy atom. The van der Waals surface area contributed by atoms with Gasteiger partial charge in [0.05, 0.1) is 0 Å². The molecule has 0 radical (unpaired) electrons. The lowest BCUT2D eigenvalue weighted by Crippen LogP contribution is -2.32. The van der Waals surface area contributed by atoms with Crippen LogP contribution in [0.15, 0.2) is 42.5 Å². The van der Waals surface area contributed by atoms with E-state index in [0.29, 0.717) is 11.8 Å². The Morgan fingerprint density at radius 3 is 2.67 bits per heavy atom. The minimum atomic E-state index is -2.82. The highest BCUT2D eigenvalue weighted by atomic mass is 32.2. The van der Waals surface area contributed by atoms with Crippen molar-refractivity contribution < 1.29 is 8.42 Å². The first kappa shape index (κ1) is 17.4. The fraction of sp³-hybridized carbons (Fsp3) is 0.500. The number of nitrogens with zero attached hydrogens (tertiary/aromatic N) is 1. The fourth-order valence-corrected chi connectivity index (χ4v) is 4.47. The number of benzene rings is 2. The second-order valence-electron chi connectivity index (χ2n) is 7.05. The summed E-state index contributed by atoms with van der Waals surface area (Å²) in [6.07, 6.45) is 6.67. The number of hydrogen-bond acceptors (Lipinski definition) is 3. The molecule has 1 saturated heterocycles. The summed E-state index contributed by atoms with van der Waals surface area (Å²) in [6, 6.07) is 15.9. The highest BCUT2D eigenvalue weighted by Crippen LogP contribution is 2.23. The molecule has 1 fully saturated rings. The van der Waals surface area contributed by atoms with E-state index in [0.717, 1.165) is 32.4 Å². The Hall–Kier alpha value is -1.39. The smallest absolute Gasteiger partial charge is 0.147 e. The number of sulfone groups is 1. The average Bonchev–Trinajstić information content (AvgIpc) is 2.98. The summed E-state index contributed by atoms with van der Waals surface area (Å²) in [7, 11) is -2.82. The second kappa shape index (κ2) is 7.66. The summed E-state index contributed by atoms with van der Waals surface area (Å²) in [6.45, 7) is 2.17. The molecule has 1 atom stereocenters. The molecule has 1 aliphatic heterocycles. The summed E-state index contributed by atoms with van der Waals surface area (Å²) >= 11 is 0. The standard InChI is InChI=1S/C20H27NO2S/c1-24(22,23)14-5-4-12-21-13-6-9-20(21)16-17-10-11-18-7-2-3-8-19(18)15-17/h2-3,7-8,10-11,15,20H,4-6,9,12-14,16H2,1H3. The van der Waals surface area contributed by atoms with Crippen LogP contribution in [-0.2, 0) is 16.3 Å². The molecule has 0 saturated carbocycles. The van der Waals surface area contributed by atoms with E-state index in [4.69, 9.17) is 0 Å². The number of unbranched alkanes of at least 4 members (excludes halogenated alkanes) is 1. The third-order valence-electron chi connectivity index (χ3n) is 4.99. The van der Waals surface area contributed by atoms with Crippen LogP contribution in [0.2, 0.25) is 0 Å². The van der Waals surface area contributed by atoms with Crippen LogP contribution in [0.1, 0.15) is 31.2 Å². The fourth-order valence-electron chi connectivity index (χ4n) is 3.74. The number of hydrogen-bond donors (Lipinski definition) is 0. The third-order valence-corrected chi connectivity index (χ3v) is 6.02. The molecular weight excluding hydrogens is 318 g/mol. The van der Waals surface area contributed by atoms with Crippen molar-refractivity contribution in [2.75, 3.05) is 25.1 Å². The lowest BCUT2D eigenvalue weighted by Gasteiger charge is -2.24. The molecule has 1 unspecified atom stereocenters. The Morgan fingerprint density at radius 2 is 1.88 bits per heavy atom. The van der Waals surface area contributed by atoms with Crippen molar-refractivity contribution in [2.45, 2.75) is 38.1 Å². The average molecular weight is 346 g/mol. The molecule has 0 aliphatic carbocycles. The Bertz CT molecular complexity index is 785. The molecule has 0 N–H and O–H groups in total. The number of fused-ring (bicyclic) bond motifs is 1. The van der Waals surface area contributed by atoms with Crippen LogP contribution in [-0.4, -0.2) is 44.5 Å². The van der Waals surface area contributed by atoms with Gasteiger partial charge in [-0.1, -0.05) is 42.5 Å². The highest BCUT2D eigenvalue weighted by Gasteiger charge is 2.24. The molecule has 1 aliphatic rings. The van der Waals surface area contributed by atoms with Gasteiger partial charge >= 0.3 is 0 Å². The van der Waals surface area contributed by atoms with Gasteiger partial charge in [-0.2, -0.15) is 0 Å². The molecule has 2 aromatic carbocycles. The molecule has 130 valence electrons. The molecular formula is C20H27NO2S. The number of rotatable bonds is 7. The summed E-state index contributed by atoms with van der Waals surface area (Å²) in [5.41, 5.74) is 1.40. The third kappa shape index (κ3) is 4.81. The first-order valence-corrected chi connectivity index (χ1v) is 11.0. The minimum Gasteiger partial charge on any atom is -0.300 e. The SMILES string of the molecule is CS(=O)(=O)CCCCN1CCCC1Cc1ccc2ccccc2c1. The van der Waals surface area contributed by atoms with Crippen LogP contribution in [0.5, 0.6) is 0 Å². The molecule has 24 heavy (non-hydrogen) atoms. The van der Waals surface area contributed by atoms with Gasteiger partial charge in [-0.3, -0.25) is 0 Å². The van der Waals surface area contributed by atoms with Crippen molar-refractivity contribution >= 4 is 20.6 Å². The molecule has 0 aromatic heterocycles. The molecule has 0 amide bonds. The first-order chi connectivity index (χ1) is 11.5. The molecule has 4 heteroatoms. The summed E-state index contributed by atoms with van der Waals surface area (Å²) in [5, 5.41) is 2.61. The van der Waals surface area contributed by atoms with Gasteiger partial charge in [-0.05, 0) is 61.5 Å². The maximum absolute atomic E-state index is 11.2. The van der Waals surface area contributed by atoms with Crippen molar-refractivity contribution in [1.82, 2.24) is 4.90 Å². The van der Waals surface area contributed by atoms with Gasteiger partial charge in [-0.15, -0.1) is 0 Å². The van der Waals surface area contributed by atoms with Crippen LogP contribution in [0.4, 0.5) is 0 Å². The zero-order valence-electron chi connectivity index (χ0n) is 14.4. The molecule has 0 spiro atoms. The van der Waals surface area contributed by atoms with Gasteiger partial charge in [0, 0.05) is 18.1 Å². The Balaban J connectivity index is 1.56. The monoisotopic (exact) mass is 345 g/mol. The van der Waals surface area contributed by atoms with Crippen LogP contribution in [0, 0.1) is 0 Å². The first-order valence-electron chi connectivity index (χ1n) is 8.91. The zero-order chi connectivity index (χ0) is 17.0. The summed E-state index contributed by atoms with van der Waals surface area (Å²) in [4.78, 5) is 2.55. The molecule has 2 aromatic rings. The van der Waals surface area contributed by atoms with E-state index < -0.39 is 9.84 Å². The van der Waals surface area contributed by atoms with Gasteiger partial charge in [0.1, 0.15) is 9.84 Å². The van der Waals surface area contributed by atoms with Gasteiger partial charge < -0.3 is 4.90 Å². The van der Waals surface area contributed by atoms with Crippen LogP contribution in [0.3, 0.4) is 0 Å². The van der Waals surface area contributed by atoms with Crippen molar-refractivity contribution in [3.8, 4) is 0 Å². The maximum Gasteiger partial charge on any atom is 0.147 e. The Kier molecular flexibility index (Phi) is 5.57. The van der Waals surface area contributed by atoms with E-state index >= 15 is 0 Å². The minimum absolute atomic E-state index is 0.316. The summed E-state index contributed by atoms with van der Waals surface area (Å²) < 4.78 is 22.5. The van der Waals surface area contributed by atoms with E-state index in [1.54, 1.807) is 0 Å². The normalized spacial score (nSPS) is 19.1. The van der Waals surface area contributed by atoms with E-state index in [1.807, 2.05) is 0 Å². The van der Waals surface area contributed by atoms with Crippen molar-refractivity contribution in [3.05, 3.63) is 48.0 Å². The molecule has 0 bridgehead atoms. The maximum atomic E-state index is 11.2. The van der Waals surface area contributed by atoms with Crippen LogP contribution < -0.4 is 0 Å². The molecule has 3 rings (SSSR count). The van der Waals surface area contributed by atoms with Crippen molar-refractivity contribution in [2.24, 2.45) is 0 Å². The lowest BCUT2D eigenvalue weighted by atomic mass is 10.0. The zero-order valence-corrected chi connectivity index (χ0v) is 15.3. The van der Waals surface area contributed by atoms with E-state index in [-0.39, 0.29) is 0 Å². The predicted molar refractivity (Wildman–Crippen MR) is 101 cm³/mol. The van der Waals surface area contributed by atoms with Crippen molar-refractivity contribution in [1.29, 1.82) is 0 Å². The van der Waals surface area contributed by atoms with Crippen LogP contribution in [0.25, 0.3) is 10.8 Å². The molecule has 3 nitrogen and oxygen atoms in total. The largest absolute Gasteiger partial charge is 0.300 e. The quantitative estimate of drug-likeness (QED) is 0.719. The van der Waals surface area contributed by atoms with Crippen molar-refractivity contribution in [3.63, 3.8) is 0 Å². The number of likely N-dealkylation sites (tertiary alicyclic amines) is 1.